The predicted molar refractivity (Wildman–Crippen MR) is 79.3 cm³/mol. The van der Waals surface area contributed by atoms with Gasteiger partial charge < -0.3 is 10.6 Å². The second kappa shape index (κ2) is 7.36. The number of rotatable bonds is 5. The summed E-state index contributed by atoms with van der Waals surface area (Å²) in [5.74, 6) is 0.0994. The summed E-state index contributed by atoms with van der Waals surface area (Å²) in [4.78, 5) is 17.7. The Bertz CT molecular complexity index is 441. The zero-order valence-electron chi connectivity index (χ0n) is 12.4. The highest BCUT2D eigenvalue weighted by atomic mass is 16.1. The van der Waals surface area contributed by atoms with Gasteiger partial charge in [0.25, 0.3) is 0 Å². The van der Waals surface area contributed by atoms with Crippen LogP contribution in [0.2, 0.25) is 0 Å². The molecule has 0 unspecified atom stereocenters. The maximum absolute atomic E-state index is 11.3. The summed E-state index contributed by atoms with van der Waals surface area (Å²) in [6.45, 7) is 5.48. The van der Waals surface area contributed by atoms with Gasteiger partial charge in [0.2, 0.25) is 5.91 Å². The molecule has 0 radical (unpaired) electrons. The number of hydrogen-bond donors (Lipinski definition) is 2. The molecular weight excluding hydrogens is 252 g/mol. The molecule has 2 rings (SSSR count). The van der Waals surface area contributed by atoms with E-state index in [9.17, 15) is 4.79 Å². The fourth-order valence-electron chi connectivity index (χ4n) is 2.51. The summed E-state index contributed by atoms with van der Waals surface area (Å²) in [5.41, 5.74) is 2.55. The van der Waals surface area contributed by atoms with Gasteiger partial charge in [0.05, 0.1) is 6.54 Å². The number of carbonyl (C=O) groups excluding carboxylic acids is 1. The number of piperidine rings is 1. The van der Waals surface area contributed by atoms with Gasteiger partial charge in [-0.15, -0.1) is 0 Å². The van der Waals surface area contributed by atoms with Crippen LogP contribution >= 0.6 is 0 Å². The Hall–Kier alpha value is -1.46. The zero-order chi connectivity index (χ0) is 14.4. The van der Waals surface area contributed by atoms with Crippen LogP contribution in [0.15, 0.2) is 18.5 Å². The molecule has 1 amide bonds. The Balaban J connectivity index is 1.72. The first-order valence-corrected chi connectivity index (χ1v) is 7.25. The summed E-state index contributed by atoms with van der Waals surface area (Å²) in [7, 11) is 1.69. The molecule has 1 fully saturated rings. The Morgan fingerprint density at radius 1 is 1.45 bits per heavy atom. The van der Waals surface area contributed by atoms with Crippen LogP contribution in [0, 0.1) is 6.92 Å². The molecule has 1 aliphatic heterocycles. The number of nitrogens with zero attached hydrogens (tertiary/aromatic N) is 2. The number of pyridine rings is 1. The summed E-state index contributed by atoms with van der Waals surface area (Å²) in [6.07, 6.45) is 5.95. The van der Waals surface area contributed by atoms with E-state index in [0.717, 1.165) is 32.5 Å². The summed E-state index contributed by atoms with van der Waals surface area (Å²) in [6, 6.07) is 2.58. The van der Waals surface area contributed by atoms with Crippen LogP contribution in [-0.4, -0.2) is 48.5 Å². The van der Waals surface area contributed by atoms with Crippen molar-refractivity contribution >= 4 is 5.91 Å². The minimum atomic E-state index is 0.0994. The van der Waals surface area contributed by atoms with Gasteiger partial charge in [-0.05, 0) is 37.0 Å². The van der Waals surface area contributed by atoms with Gasteiger partial charge in [0.15, 0.2) is 0 Å². The zero-order valence-corrected chi connectivity index (χ0v) is 12.4. The van der Waals surface area contributed by atoms with Crippen molar-refractivity contribution in [1.82, 2.24) is 20.5 Å². The molecule has 2 N–H and O–H groups in total. The summed E-state index contributed by atoms with van der Waals surface area (Å²) < 4.78 is 0. The highest BCUT2D eigenvalue weighted by Crippen LogP contribution is 2.12. The van der Waals surface area contributed by atoms with E-state index in [4.69, 9.17) is 0 Å². The first-order chi connectivity index (χ1) is 9.69. The van der Waals surface area contributed by atoms with Crippen LogP contribution in [0.1, 0.15) is 24.0 Å². The van der Waals surface area contributed by atoms with E-state index in [1.54, 1.807) is 7.05 Å². The van der Waals surface area contributed by atoms with Crippen molar-refractivity contribution in [2.24, 2.45) is 0 Å². The topological polar surface area (TPSA) is 57.3 Å². The van der Waals surface area contributed by atoms with Crippen LogP contribution < -0.4 is 10.6 Å². The van der Waals surface area contributed by atoms with E-state index >= 15 is 0 Å². The molecule has 0 bridgehead atoms. The molecule has 0 saturated carbocycles. The van der Waals surface area contributed by atoms with Crippen LogP contribution in [0.25, 0.3) is 0 Å². The molecule has 110 valence electrons. The number of aromatic nitrogens is 1. The minimum Gasteiger partial charge on any atom is -0.358 e. The first kappa shape index (κ1) is 14.9. The SMILES string of the molecule is CNC(=O)CN1CCC(NCc2cnccc2C)CC1. The van der Waals surface area contributed by atoms with E-state index in [1.165, 1.54) is 11.1 Å². The Labute approximate surface area is 120 Å². The van der Waals surface area contributed by atoms with Crippen molar-refractivity contribution in [1.29, 1.82) is 0 Å². The van der Waals surface area contributed by atoms with Crippen LogP contribution in [0.5, 0.6) is 0 Å². The lowest BCUT2D eigenvalue weighted by Gasteiger charge is -2.32. The van der Waals surface area contributed by atoms with E-state index in [0.29, 0.717) is 12.6 Å². The van der Waals surface area contributed by atoms with Crippen molar-refractivity contribution in [3.8, 4) is 0 Å². The largest absolute Gasteiger partial charge is 0.358 e. The molecule has 2 heterocycles. The Kier molecular flexibility index (Phi) is 5.49. The maximum Gasteiger partial charge on any atom is 0.233 e. The Morgan fingerprint density at radius 2 is 2.20 bits per heavy atom. The molecule has 1 aromatic rings. The number of nitrogens with one attached hydrogen (secondary N) is 2. The average molecular weight is 276 g/mol. The van der Waals surface area contributed by atoms with Crippen LogP contribution in [-0.2, 0) is 11.3 Å². The van der Waals surface area contributed by atoms with Crippen LogP contribution in [0.4, 0.5) is 0 Å². The van der Waals surface area contributed by atoms with Gasteiger partial charge in [-0.3, -0.25) is 14.7 Å². The molecule has 0 aromatic carbocycles. The summed E-state index contributed by atoms with van der Waals surface area (Å²) in [5, 5.41) is 6.27. The molecular formula is C15H24N4O. The fourth-order valence-corrected chi connectivity index (χ4v) is 2.51. The van der Waals surface area contributed by atoms with Crippen molar-refractivity contribution in [2.75, 3.05) is 26.7 Å². The third-order valence-electron chi connectivity index (χ3n) is 3.96. The second-order valence-corrected chi connectivity index (χ2v) is 5.41. The van der Waals surface area contributed by atoms with Crippen molar-refractivity contribution in [3.05, 3.63) is 29.6 Å². The van der Waals surface area contributed by atoms with Crippen molar-refractivity contribution in [3.63, 3.8) is 0 Å². The lowest BCUT2D eigenvalue weighted by atomic mass is 10.0. The van der Waals surface area contributed by atoms with Gasteiger partial charge in [-0.2, -0.15) is 0 Å². The van der Waals surface area contributed by atoms with Gasteiger partial charge in [0.1, 0.15) is 0 Å². The number of aryl methyl sites for hydroxylation is 1. The maximum atomic E-state index is 11.3. The summed E-state index contributed by atoms with van der Waals surface area (Å²) >= 11 is 0. The molecule has 0 atom stereocenters. The molecule has 1 aliphatic rings. The number of amides is 1. The molecule has 20 heavy (non-hydrogen) atoms. The number of likely N-dealkylation sites (N-methyl/N-ethyl adjacent to an activating group) is 1. The quantitative estimate of drug-likeness (QED) is 0.831. The average Bonchev–Trinajstić information content (AvgIpc) is 2.48. The molecule has 1 aromatic heterocycles. The lowest BCUT2D eigenvalue weighted by molar-refractivity contribution is -0.122. The standard InChI is InChI=1S/C15H24N4O/c1-12-3-6-17-9-13(12)10-18-14-4-7-19(8-5-14)11-15(20)16-2/h3,6,9,14,18H,4-5,7-8,10-11H2,1-2H3,(H,16,20). The van der Waals surface area contributed by atoms with Crippen LogP contribution in [0.3, 0.4) is 0 Å². The normalized spacial score (nSPS) is 17.1. The highest BCUT2D eigenvalue weighted by Gasteiger charge is 2.20. The number of carbonyl (C=O) groups is 1. The number of hydrogen-bond acceptors (Lipinski definition) is 4. The minimum absolute atomic E-state index is 0.0994. The molecule has 0 spiro atoms. The van der Waals surface area contributed by atoms with E-state index in [2.05, 4.69) is 27.4 Å². The third kappa shape index (κ3) is 4.28. The second-order valence-electron chi connectivity index (χ2n) is 5.41. The van der Waals surface area contributed by atoms with Gasteiger partial charge in [-0.25, -0.2) is 0 Å². The molecule has 0 aliphatic carbocycles. The van der Waals surface area contributed by atoms with Crippen molar-refractivity contribution < 1.29 is 4.79 Å². The monoisotopic (exact) mass is 276 g/mol. The van der Waals surface area contributed by atoms with E-state index in [-0.39, 0.29) is 5.91 Å². The fraction of sp³-hybridized carbons (Fsp3) is 0.600. The van der Waals surface area contributed by atoms with Gasteiger partial charge in [-0.1, -0.05) is 0 Å². The first-order valence-electron chi connectivity index (χ1n) is 7.25. The van der Waals surface area contributed by atoms with E-state index < -0.39 is 0 Å². The predicted octanol–water partition coefficient (Wildman–Crippen LogP) is 0.690. The Morgan fingerprint density at radius 3 is 2.85 bits per heavy atom. The van der Waals surface area contributed by atoms with Crippen molar-refractivity contribution in [2.45, 2.75) is 32.4 Å². The van der Waals surface area contributed by atoms with E-state index in [1.807, 2.05) is 18.5 Å². The van der Waals surface area contributed by atoms with Gasteiger partial charge in [0, 0.05) is 45.1 Å². The molecule has 1 saturated heterocycles. The molecule has 5 nitrogen and oxygen atoms in total. The third-order valence-corrected chi connectivity index (χ3v) is 3.96. The highest BCUT2D eigenvalue weighted by molar-refractivity contribution is 5.77. The lowest BCUT2D eigenvalue weighted by Crippen LogP contribution is -2.45. The van der Waals surface area contributed by atoms with Gasteiger partial charge >= 0.3 is 0 Å². The number of likely N-dealkylation sites (tertiary alicyclic amines) is 1. The molecule has 5 heteroatoms. The smallest absolute Gasteiger partial charge is 0.233 e.